The number of ether oxygens (including phenoxy) is 1. The van der Waals surface area contributed by atoms with Gasteiger partial charge in [-0.05, 0) is 6.42 Å². The largest absolute Gasteiger partial charge is 0.378 e. The predicted octanol–water partition coefficient (Wildman–Crippen LogP) is 2.11. The van der Waals surface area contributed by atoms with Crippen molar-refractivity contribution in [2.75, 3.05) is 31.2 Å². The Hall–Kier alpha value is -3.20. The molecule has 1 aliphatic heterocycles. The van der Waals surface area contributed by atoms with Gasteiger partial charge in [0.1, 0.15) is 11.9 Å². The number of rotatable bonds is 7. The fourth-order valence-electron chi connectivity index (χ4n) is 3.36. The molecule has 1 N–H and O–H groups in total. The van der Waals surface area contributed by atoms with Crippen LogP contribution in [0.15, 0.2) is 41.2 Å². The van der Waals surface area contributed by atoms with E-state index in [0.717, 1.165) is 18.5 Å². The van der Waals surface area contributed by atoms with E-state index in [4.69, 9.17) is 9.26 Å². The third kappa shape index (κ3) is 4.14. The van der Waals surface area contributed by atoms with Gasteiger partial charge in [0, 0.05) is 25.2 Å². The summed E-state index contributed by atoms with van der Waals surface area (Å²) in [6.07, 6.45) is 2.64. The number of carbonyl (C=O) groups excluding carboxylic acids is 1. The highest BCUT2D eigenvalue weighted by atomic mass is 16.5. The highest BCUT2D eigenvalue weighted by Gasteiger charge is 2.28. The van der Waals surface area contributed by atoms with Crippen LogP contribution in [0.1, 0.15) is 29.5 Å². The maximum absolute atomic E-state index is 13.2. The van der Waals surface area contributed by atoms with Gasteiger partial charge in [-0.1, -0.05) is 42.4 Å². The van der Waals surface area contributed by atoms with Gasteiger partial charge in [-0.15, -0.1) is 10.2 Å². The average Bonchev–Trinajstić information content (AvgIpc) is 3.41. The van der Waals surface area contributed by atoms with Crippen LogP contribution in [0.4, 0.5) is 5.82 Å². The topological polar surface area (TPSA) is 98.3 Å². The molecular formula is C20H24N6O3. The van der Waals surface area contributed by atoms with Crippen LogP contribution >= 0.6 is 0 Å². The van der Waals surface area contributed by atoms with Crippen LogP contribution in [-0.4, -0.2) is 52.1 Å². The highest BCUT2D eigenvalue weighted by Crippen LogP contribution is 2.31. The van der Waals surface area contributed by atoms with Crippen molar-refractivity contribution in [1.82, 2.24) is 25.2 Å². The number of amides is 1. The molecule has 1 fully saturated rings. The molecule has 1 aromatic carbocycles. The highest BCUT2D eigenvalue weighted by molar-refractivity contribution is 6.04. The van der Waals surface area contributed by atoms with Gasteiger partial charge >= 0.3 is 0 Å². The standard InChI is InChI=1S/C20H24N6O3/c1-2-8-26-14-22-23-16(26)13-21-20(27)17-18(15-6-4-3-5-7-15)29-24-19(17)25-9-11-28-12-10-25/h3-7,14H,2,8-13H2,1H3,(H,21,27). The Bertz CT molecular complexity index is 946. The Morgan fingerprint density at radius 1 is 1.21 bits per heavy atom. The molecule has 0 saturated carbocycles. The molecule has 2 aromatic heterocycles. The summed E-state index contributed by atoms with van der Waals surface area (Å²) in [6.45, 7) is 5.67. The maximum atomic E-state index is 13.2. The summed E-state index contributed by atoms with van der Waals surface area (Å²) in [5.41, 5.74) is 1.23. The number of anilines is 1. The normalized spacial score (nSPS) is 14.2. The molecule has 3 aromatic rings. The summed E-state index contributed by atoms with van der Waals surface area (Å²) in [6, 6.07) is 9.53. The number of carbonyl (C=O) groups is 1. The third-order valence-electron chi connectivity index (χ3n) is 4.82. The molecule has 1 saturated heterocycles. The van der Waals surface area contributed by atoms with Crippen molar-refractivity contribution in [2.24, 2.45) is 0 Å². The Balaban J connectivity index is 1.61. The van der Waals surface area contributed by atoms with Crippen LogP contribution in [0.5, 0.6) is 0 Å². The van der Waals surface area contributed by atoms with Crippen molar-refractivity contribution >= 4 is 11.7 Å². The fourth-order valence-corrected chi connectivity index (χ4v) is 3.36. The average molecular weight is 396 g/mol. The first kappa shape index (κ1) is 19.1. The summed E-state index contributed by atoms with van der Waals surface area (Å²) in [5, 5.41) is 15.2. The van der Waals surface area contributed by atoms with Crippen molar-refractivity contribution in [3.63, 3.8) is 0 Å². The zero-order chi connectivity index (χ0) is 20.1. The molecule has 1 amide bonds. The van der Waals surface area contributed by atoms with E-state index in [1.807, 2.05) is 39.8 Å². The Morgan fingerprint density at radius 3 is 2.76 bits per heavy atom. The second-order valence-electron chi connectivity index (χ2n) is 6.80. The first-order chi connectivity index (χ1) is 14.3. The number of nitrogens with zero attached hydrogens (tertiary/aromatic N) is 5. The van der Waals surface area contributed by atoms with Crippen molar-refractivity contribution in [2.45, 2.75) is 26.4 Å². The quantitative estimate of drug-likeness (QED) is 0.653. The summed E-state index contributed by atoms with van der Waals surface area (Å²) >= 11 is 0. The summed E-state index contributed by atoms with van der Waals surface area (Å²) in [5.74, 6) is 1.46. The van der Waals surface area contributed by atoms with Crippen molar-refractivity contribution in [3.8, 4) is 11.3 Å². The minimum absolute atomic E-state index is 0.252. The second kappa shape index (κ2) is 8.87. The van der Waals surface area contributed by atoms with Gasteiger partial charge < -0.3 is 24.0 Å². The molecule has 3 heterocycles. The van der Waals surface area contributed by atoms with Crippen molar-refractivity contribution in [1.29, 1.82) is 0 Å². The molecule has 0 atom stereocenters. The molecule has 152 valence electrons. The molecule has 1 aliphatic rings. The number of benzene rings is 1. The van der Waals surface area contributed by atoms with Gasteiger partial charge in [0.25, 0.3) is 5.91 Å². The lowest BCUT2D eigenvalue weighted by Gasteiger charge is -2.26. The number of nitrogens with one attached hydrogen (secondary N) is 1. The molecular weight excluding hydrogens is 372 g/mol. The molecule has 29 heavy (non-hydrogen) atoms. The van der Waals surface area contributed by atoms with Crippen molar-refractivity contribution < 1.29 is 14.1 Å². The molecule has 0 unspecified atom stereocenters. The van der Waals surface area contributed by atoms with Crippen LogP contribution in [0.2, 0.25) is 0 Å². The van der Waals surface area contributed by atoms with E-state index in [9.17, 15) is 4.79 Å². The lowest BCUT2D eigenvalue weighted by Crippen LogP contribution is -2.38. The van der Waals surface area contributed by atoms with E-state index in [0.29, 0.717) is 49.3 Å². The molecule has 9 heteroatoms. The molecule has 0 aliphatic carbocycles. The summed E-state index contributed by atoms with van der Waals surface area (Å²) in [7, 11) is 0. The second-order valence-corrected chi connectivity index (χ2v) is 6.80. The van der Waals surface area contributed by atoms with Gasteiger partial charge in [-0.25, -0.2) is 0 Å². The van der Waals surface area contributed by atoms with Crippen LogP contribution in [0.25, 0.3) is 11.3 Å². The van der Waals surface area contributed by atoms with Crippen LogP contribution < -0.4 is 10.2 Å². The fraction of sp³-hybridized carbons (Fsp3) is 0.400. The molecule has 0 spiro atoms. The van der Waals surface area contributed by atoms with E-state index < -0.39 is 0 Å². The van der Waals surface area contributed by atoms with E-state index in [-0.39, 0.29) is 12.5 Å². The summed E-state index contributed by atoms with van der Waals surface area (Å²) in [4.78, 5) is 15.2. The van der Waals surface area contributed by atoms with Crippen LogP contribution in [0, 0.1) is 0 Å². The van der Waals surface area contributed by atoms with Gasteiger partial charge in [-0.2, -0.15) is 0 Å². The Kier molecular flexibility index (Phi) is 5.85. The smallest absolute Gasteiger partial charge is 0.259 e. The number of hydrogen-bond donors (Lipinski definition) is 1. The van der Waals surface area contributed by atoms with E-state index >= 15 is 0 Å². The first-order valence-corrected chi connectivity index (χ1v) is 9.80. The molecule has 9 nitrogen and oxygen atoms in total. The molecule has 0 radical (unpaired) electrons. The van der Waals surface area contributed by atoms with Crippen LogP contribution in [-0.2, 0) is 17.8 Å². The van der Waals surface area contributed by atoms with E-state index in [2.05, 4.69) is 27.6 Å². The van der Waals surface area contributed by atoms with E-state index in [1.54, 1.807) is 6.33 Å². The molecule has 4 rings (SSSR count). The predicted molar refractivity (Wildman–Crippen MR) is 106 cm³/mol. The van der Waals surface area contributed by atoms with Gasteiger partial charge in [-0.3, -0.25) is 4.79 Å². The lowest BCUT2D eigenvalue weighted by atomic mass is 10.1. The number of hydrogen-bond acceptors (Lipinski definition) is 7. The zero-order valence-electron chi connectivity index (χ0n) is 16.4. The SMILES string of the molecule is CCCn1cnnc1CNC(=O)c1c(N2CCOCC2)noc1-c1ccccc1. The van der Waals surface area contributed by atoms with Crippen molar-refractivity contribution in [3.05, 3.63) is 48.0 Å². The summed E-state index contributed by atoms with van der Waals surface area (Å²) < 4.78 is 13.0. The number of morpholine rings is 1. The maximum Gasteiger partial charge on any atom is 0.259 e. The van der Waals surface area contributed by atoms with Crippen LogP contribution in [0.3, 0.4) is 0 Å². The third-order valence-corrected chi connectivity index (χ3v) is 4.82. The van der Waals surface area contributed by atoms with Gasteiger partial charge in [0.05, 0.1) is 19.8 Å². The number of aromatic nitrogens is 4. The number of aryl methyl sites for hydroxylation is 1. The zero-order valence-corrected chi connectivity index (χ0v) is 16.4. The van der Waals surface area contributed by atoms with Gasteiger partial charge in [0.2, 0.25) is 0 Å². The monoisotopic (exact) mass is 396 g/mol. The minimum atomic E-state index is -0.252. The molecule has 0 bridgehead atoms. The Morgan fingerprint density at radius 2 is 2.00 bits per heavy atom. The first-order valence-electron chi connectivity index (χ1n) is 9.80. The minimum Gasteiger partial charge on any atom is -0.378 e. The van der Waals surface area contributed by atoms with Gasteiger partial charge in [0.15, 0.2) is 17.4 Å². The Labute approximate surface area is 168 Å². The van der Waals surface area contributed by atoms with E-state index in [1.165, 1.54) is 0 Å². The lowest BCUT2D eigenvalue weighted by molar-refractivity contribution is 0.0948.